The Morgan fingerprint density at radius 3 is 2.93 bits per heavy atom. The Bertz CT molecular complexity index is 565. The van der Waals surface area contributed by atoms with Gasteiger partial charge in [0.25, 0.3) is 5.56 Å². The van der Waals surface area contributed by atoms with E-state index in [9.17, 15) is 4.79 Å². The van der Waals surface area contributed by atoms with E-state index < -0.39 is 0 Å². The molecule has 4 heteroatoms. The van der Waals surface area contributed by atoms with Crippen molar-refractivity contribution in [1.29, 1.82) is 0 Å². The minimum Gasteiger partial charge on any atom is -0.497 e. The summed E-state index contributed by atoms with van der Waals surface area (Å²) in [5.41, 5.74) is 0.153. The highest BCUT2D eigenvalue weighted by atomic mass is 32.1. The number of benzene rings is 1. The van der Waals surface area contributed by atoms with Crippen molar-refractivity contribution in [3.05, 3.63) is 28.6 Å². The van der Waals surface area contributed by atoms with Crippen molar-refractivity contribution in [2.45, 2.75) is 18.9 Å². The third-order valence-electron chi connectivity index (χ3n) is 2.69. The first-order valence-corrected chi connectivity index (χ1v) is 5.76. The molecule has 0 saturated heterocycles. The van der Waals surface area contributed by atoms with E-state index in [1.54, 1.807) is 18.6 Å². The summed E-state index contributed by atoms with van der Waals surface area (Å²) in [5.74, 6) is 0.812. The molecule has 0 amide bonds. The Kier molecular flexibility index (Phi) is 1.85. The van der Waals surface area contributed by atoms with Gasteiger partial charge in [-0.3, -0.25) is 8.75 Å². The second-order valence-electron chi connectivity index (χ2n) is 3.82. The van der Waals surface area contributed by atoms with Gasteiger partial charge < -0.3 is 4.74 Å². The van der Waals surface area contributed by atoms with Crippen molar-refractivity contribution in [3.8, 4) is 5.75 Å². The third-order valence-corrected chi connectivity index (χ3v) is 3.89. The topological polar surface area (TPSA) is 31.2 Å². The molecule has 0 atom stereocenters. The second-order valence-corrected chi connectivity index (χ2v) is 4.83. The first-order chi connectivity index (χ1) is 7.29. The van der Waals surface area contributed by atoms with E-state index in [-0.39, 0.29) is 5.56 Å². The van der Waals surface area contributed by atoms with Crippen LogP contribution in [0.5, 0.6) is 5.75 Å². The van der Waals surface area contributed by atoms with Crippen LogP contribution in [0.15, 0.2) is 23.0 Å². The molecule has 2 aromatic rings. The molecule has 0 spiro atoms. The van der Waals surface area contributed by atoms with Crippen LogP contribution >= 0.6 is 11.5 Å². The summed E-state index contributed by atoms with van der Waals surface area (Å²) in [5, 5.41) is 0.813. The van der Waals surface area contributed by atoms with Crippen molar-refractivity contribution in [3.63, 3.8) is 0 Å². The SMILES string of the molecule is COc1ccc2c(=O)n(C3CC3)sc2c1. The Labute approximate surface area is 91.1 Å². The molecule has 15 heavy (non-hydrogen) atoms. The zero-order valence-corrected chi connectivity index (χ0v) is 9.21. The number of aromatic nitrogens is 1. The van der Waals surface area contributed by atoms with Crippen LogP contribution in [0.2, 0.25) is 0 Å². The molecule has 0 unspecified atom stereocenters. The Hall–Kier alpha value is -1.29. The van der Waals surface area contributed by atoms with Crippen molar-refractivity contribution >= 4 is 21.6 Å². The summed E-state index contributed by atoms with van der Waals surface area (Å²) in [7, 11) is 1.64. The lowest BCUT2D eigenvalue weighted by Crippen LogP contribution is -2.10. The van der Waals surface area contributed by atoms with Gasteiger partial charge in [0.05, 0.1) is 17.2 Å². The zero-order chi connectivity index (χ0) is 10.4. The molecule has 1 aromatic carbocycles. The lowest BCUT2D eigenvalue weighted by molar-refractivity contribution is 0.415. The first kappa shape index (κ1) is 8.97. The minimum atomic E-state index is 0.153. The van der Waals surface area contributed by atoms with Crippen LogP contribution in [0.4, 0.5) is 0 Å². The number of rotatable bonds is 2. The Balaban J connectivity index is 2.25. The van der Waals surface area contributed by atoms with Crippen LogP contribution < -0.4 is 10.3 Å². The fourth-order valence-corrected chi connectivity index (χ4v) is 2.87. The van der Waals surface area contributed by atoms with E-state index in [2.05, 4.69) is 0 Å². The molecule has 1 saturated carbocycles. The van der Waals surface area contributed by atoms with Crippen molar-refractivity contribution in [1.82, 2.24) is 3.96 Å². The average molecular weight is 221 g/mol. The monoisotopic (exact) mass is 221 g/mol. The maximum absolute atomic E-state index is 11.9. The van der Waals surface area contributed by atoms with Crippen LogP contribution in [0.3, 0.4) is 0 Å². The van der Waals surface area contributed by atoms with Crippen molar-refractivity contribution < 1.29 is 4.74 Å². The molecule has 1 aliphatic rings. The predicted octanol–water partition coefficient (Wildman–Crippen LogP) is 2.41. The number of ether oxygens (including phenoxy) is 1. The molecule has 1 heterocycles. The van der Waals surface area contributed by atoms with Crippen LogP contribution in [-0.4, -0.2) is 11.1 Å². The normalized spacial score (nSPS) is 15.8. The van der Waals surface area contributed by atoms with Gasteiger partial charge in [0, 0.05) is 6.04 Å². The van der Waals surface area contributed by atoms with Gasteiger partial charge >= 0.3 is 0 Å². The molecule has 0 bridgehead atoms. The van der Waals surface area contributed by atoms with Crippen molar-refractivity contribution in [2.75, 3.05) is 7.11 Å². The molecule has 78 valence electrons. The van der Waals surface area contributed by atoms with Gasteiger partial charge in [0.1, 0.15) is 5.75 Å². The number of methoxy groups -OCH3 is 1. The summed E-state index contributed by atoms with van der Waals surface area (Å²) in [4.78, 5) is 11.9. The van der Waals surface area contributed by atoms with E-state index in [4.69, 9.17) is 4.74 Å². The van der Waals surface area contributed by atoms with E-state index in [0.717, 1.165) is 28.7 Å². The molecule has 3 nitrogen and oxygen atoms in total. The second kappa shape index (κ2) is 3.10. The van der Waals surface area contributed by atoms with Gasteiger partial charge in [-0.15, -0.1) is 0 Å². The highest BCUT2D eigenvalue weighted by Crippen LogP contribution is 2.37. The van der Waals surface area contributed by atoms with Crippen LogP contribution in [0, 0.1) is 0 Å². The van der Waals surface area contributed by atoms with Crippen molar-refractivity contribution in [2.24, 2.45) is 0 Å². The smallest absolute Gasteiger partial charge is 0.268 e. The molecule has 1 aromatic heterocycles. The Morgan fingerprint density at radius 2 is 2.27 bits per heavy atom. The summed E-state index contributed by atoms with van der Waals surface area (Å²) in [6.07, 6.45) is 2.29. The average Bonchev–Trinajstić information content (AvgIpc) is 3.04. The Morgan fingerprint density at radius 1 is 1.47 bits per heavy atom. The van der Waals surface area contributed by atoms with Crippen LogP contribution in [0.1, 0.15) is 18.9 Å². The lowest BCUT2D eigenvalue weighted by atomic mass is 10.2. The summed E-state index contributed by atoms with van der Waals surface area (Å²) >= 11 is 1.55. The van der Waals surface area contributed by atoms with Gasteiger partial charge in [-0.1, -0.05) is 11.5 Å². The third kappa shape index (κ3) is 1.36. The van der Waals surface area contributed by atoms with E-state index in [1.807, 2.05) is 22.2 Å². The highest BCUT2D eigenvalue weighted by molar-refractivity contribution is 7.13. The quantitative estimate of drug-likeness (QED) is 0.779. The summed E-state index contributed by atoms with van der Waals surface area (Å²) in [6.45, 7) is 0. The standard InChI is InChI=1S/C11H11NO2S/c1-14-8-4-5-9-10(6-8)15-12(11(9)13)7-2-3-7/h4-7H,2-3H2,1H3. The summed E-state index contributed by atoms with van der Waals surface area (Å²) in [6, 6.07) is 6.08. The molecule has 1 aliphatic carbocycles. The first-order valence-electron chi connectivity index (χ1n) is 4.99. The number of nitrogens with zero attached hydrogens (tertiary/aromatic N) is 1. The molecule has 1 fully saturated rings. The number of fused-ring (bicyclic) bond motifs is 1. The molecule has 0 N–H and O–H groups in total. The van der Waals surface area contributed by atoms with Gasteiger partial charge in [-0.2, -0.15) is 0 Å². The molecular formula is C11H11NO2S. The summed E-state index contributed by atoms with van der Waals surface area (Å²) < 4.78 is 8.06. The van der Waals surface area contributed by atoms with E-state index in [0.29, 0.717) is 6.04 Å². The maximum Gasteiger partial charge on any atom is 0.268 e. The molecular weight excluding hydrogens is 210 g/mol. The molecule has 3 rings (SSSR count). The fourth-order valence-electron chi connectivity index (χ4n) is 1.70. The number of hydrogen-bond donors (Lipinski definition) is 0. The number of hydrogen-bond acceptors (Lipinski definition) is 3. The van der Waals surface area contributed by atoms with Crippen LogP contribution in [0.25, 0.3) is 10.1 Å². The lowest BCUT2D eigenvalue weighted by Gasteiger charge is -1.96. The predicted molar refractivity (Wildman–Crippen MR) is 60.9 cm³/mol. The van der Waals surface area contributed by atoms with Gasteiger partial charge in [-0.05, 0) is 31.0 Å². The molecule has 0 aliphatic heterocycles. The van der Waals surface area contributed by atoms with E-state index >= 15 is 0 Å². The van der Waals surface area contributed by atoms with Crippen LogP contribution in [-0.2, 0) is 0 Å². The van der Waals surface area contributed by atoms with E-state index in [1.165, 1.54) is 0 Å². The minimum absolute atomic E-state index is 0.153. The molecule has 0 radical (unpaired) electrons. The van der Waals surface area contributed by atoms with Gasteiger partial charge in [0.15, 0.2) is 0 Å². The largest absolute Gasteiger partial charge is 0.497 e. The highest BCUT2D eigenvalue weighted by Gasteiger charge is 2.26. The van der Waals surface area contributed by atoms with Gasteiger partial charge in [0.2, 0.25) is 0 Å². The van der Waals surface area contributed by atoms with Gasteiger partial charge in [-0.25, -0.2) is 0 Å². The maximum atomic E-state index is 11.9. The fraction of sp³-hybridized carbons (Fsp3) is 0.364. The zero-order valence-electron chi connectivity index (χ0n) is 8.40.